The zero-order valence-electron chi connectivity index (χ0n) is 19.4. The van der Waals surface area contributed by atoms with E-state index in [1.54, 1.807) is 48.5 Å². The number of nitrogens with zero attached hydrogens (tertiary/aromatic N) is 1. The van der Waals surface area contributed by atoms with Crippen molar-refractivity contribution in [1.29, 1.82) is 0 Å². The van der Waals surface area contributed by atoms with Gasteiger partial charge in [0.15, 0.2) is 9.84 Å². The number of hydrogen-bond donors (Lipinski definition) is 0. The molecule has 1 aliphatic heterocycles. The Labute approximate surface area is 213 Å². The quantitative estimate of drug-likeness (QED) is 0.430. The van der Waals surface area contributed by atoms with Crippen LogP contribution in [0.2, 0.25) is 10.0 Å². The highest BCUT2D eigenvalue weighted by molar-refractivity contribution is 7.92. The Hall–Kier alpha value is -1.81. The van der Waals surface area contributed by atoms with E-state index in [-0.39, 0.29) is 0 Å². The SMILES string of the molecule is CC(C)(C)S(=O)(=O)C[C@H](CC(F)(F)F)N1C(=O)CO[C@H](c2cccc(Cl)c2)[C@H]1c1ccc(Cl)cc1. The topological polar surface area (TPSA) is 63.7 Å². The van der Waals surface area contributed by atoms with Crippen molar-refractivity contribution in [2.75, 3.05) is 12.4 Å². The monoisotopic (exact) mass is 551 g/mol. The van der Waals surface area contributed by atoms with Gasteiger partial charge < -0.3 is 9.64 Å². The number of hydrogen-bond acceptors (Lipinski definition) is 4. The predicted octanol–water partition coefficient (Wildman–Crippen LogP) is 6.17. The summed E-state index contributed by atoms with van der Waals surface area (Å²) in [6, 6.07) is 10.2. The highest BCUT2D eigenvalue weighted by atomic mass is 35.5. The Morgan fingerprint density at radius 1 is 1.03 bits per heavy atom. The van der Waals surface area contributed by atoms with Gasteiger partial charge in [0.05, 0.1) is 29.0 Å². The van der Waals surface area contributed by atoms with Crippen LogP contribution in [0.3, 0.4) is 0 Å². The molecule has 1 aliphatic rings. The summed E-state index contributed by atoms with van der Waals surface area (Å²) in [5, 5.41) is 0.774. The second kappa shape index (κ2) is 10.3. The molecule has 1 fully saturated rings. The van der Waals surface area contributed by atoms with E-state index in [9.17, 15) is 26.4 Å². The van der Waals surface area contributed by atoms with Crippen LogP contribution in [0.25, 0.3) is 0 Å². The first-order valence-corrected chi connectivity index (χ1v) is 13.2. The van der Waals surface area contributed by atoms with E-state index in [0.29, 0.717) is 21.2 Å². The molecular weight excluding hydrogens is 526 g/mol. The fraction of sp³-hybridized carbons (Fsp3) is 0.458. The van der Waals surface area contributed by atoms with Gasteiger partial charge in [-0.2, -0.15) is 13.2 Å². The van der Waals surface area contributed by atoms with Crippen molar-refractivity contribution in [3.05, 3.63) is 69.7 Å². The first-order chi connectivity index (χ1) is 16.1. The summed E-state index contributed by atoms with van der Waals surface area (Å²) in [5.41, 5.74) is 0.993. The number of sulfone groups is 1. The lowest BCUT2D eigenvalue weighted by Crippen LogP contribution is -2.55. The van der Waals surface area contributed by atoms with Gasteiger partial charge in [-0.05, 0) is 56.2 Å². The summed E-state index contributed by atoms with van der Waals surface area (Å²) in [4.78, 5) is 14.2. The summed E-state index contributed by atoms with van der Waals surface area (Å²) in [6.07, 6.45) is -7.09. The molecule has 3 atom stereocenters. The van der Waals surface area contributed by atoms with Crippen LogP contribution < -0.4 is 0 Å². The lowest BCUT2D eigenvalue weighted by atomic mass is 9.91. The van der Waals surface area contributed by atoms with E-state index in [1.165, 1.54) is 20.8 Å². The number of benzene rings is 2. The van der Waals surface area contributed by atoms with Crippen LogP contribution in [0.4, 0.5) is 13.2 Å². The van der Waals surface area contributed by atoms with Gasteiger partial charge in [-0.15, -0.1) is 0 Å². The highest BCUT2D eigenvalue weighted by Crippen LogP contribution is 2.44. The molecule has 5 nitrogen and oxygen atoms in total. The lowest BCUT2D eigenvalue weighted by molar-refractivity contribution is -0.176. The molecule has 0 aliphatic carbocycles. The number of carbonyl (C=O) groups excluding carboxylic acids is 1. The minimum absolute atomic E-state index is 0.381. The van der Waals surface area contributed by atoms with Crippen LogP contribution in [0.1, 0.15) is 50.5 Å². The Morgan fingerprint density at radius 2 is 1.66 bits per heavy atom. The largest absolute Gasteiger partial charge is 0.391 e. The number of alkyl halides is 3. The number of morpholine rings is 1. The minimum Gasteiger partial charge on any atom is -0.361 e. The third-order valence-corrected chi connectivity index (χ3v) is 9.03. The van der Waals surface area contributed by atoms with Crippen molar-refractivity contribution in [2.45, 2.75) is 56.3 Å². The fourth-order valence-corrected chi connectivity index (χ4v) is 5.63. The van der Waals surface area contributed by atoms with E-state index in [0.717, 1.165) is 4.90 Å². The normalized spacial score (nSPS) is 20.7. The third-order valence-electron chi connectivity index (χ3n) is 5.85. The summed E-state index contributed by atoms with van der Waals surface area (Å²) in [5.74, 6) is -1.59. The van der Waals surface area contributed by atoms with Crippen LogP contribution in [0.5, 0.6) is 0 Å². The van der Waals surface area contributed by atoms with Crippen molar-refractivity contribution in [2.24, 2.45) is 0 Å². The van der Waals surface area contributed by atoms with Crippen LogP contribution in [-0.4, -0.2) is 48.5 Å². The van der Waals surface area contributed by atoms with E-state index in [2.05, 4.69) is 0 Å². The second-order valence-electron chi connectivity index (χ2n) is 9.45. The van der Waals surface area contributed by atoms with Gasteiger partial charge in [0.1, 0.15) is 12.7 Å². The Balaban J connectivity index is 2.18. The zero-order chi connectivity index (χ0) is 26.2. The van der Waals surface area contributed by atoms with E-state index >= 15 is 0 Å². The number of carbonyl (C=O) groups is 1. The van der Waals surface area contributed by atoms with Crippen molar-refractivity contribution in [3.63, 3.8) is 0 Å². The average Bonchev–Trinajstić information content (AvgIpc) is 2.71. The number of rotatable bonds is 6. The van der Waals surface area contributed by atoms with Crippen LogP contribution >= 0.6 is 23.2 Å². The molecular formula is C24H26Cl2F3NO4S. The van der Waals surface area contributed by atoms with Gasteiger partial charge in [-0.25, -0.2) is 8.42 Å². The molecule has 1 amide bonds. The van der Waals surface area contributed by atoms with E-state index in [4.69, 9.17) is 27.9 Å². The molecule has 0 radical (unpaired) electrons. The molecule has 11 heteroatoms. The van der Waals surface area contributed by atoms with Gasteiger partial charge in [-0.1, -0.05) is 47.5 Å². The van der Waals surface area contributed by atoms with Gasteiger partial charge >= 0.3 is 6.18 Å². The Bertz CT molecular complexity index is 1160. The summed E-state index contributed by atoms with van der Waals surface area (Å²) >= 11 is 12.2. The maximum Gasteiger partial charge on any atom is 0.391 e. The molecule has 0 unspecified atom stereocenters. The number of amides is 1. The standard InChI is InChI=1S/C24H26Cl2F3NO4S/c1-23(2,3)35(32,33)14-19(12-24(27,28)29)30-20(31)13-34-22(16-5-4-6-18(26)11-16)21(30)15-7-9-17(25)10-8-15/h4-11,19,21-22H,12-14H2,1-3H3/t19-,21+,22+/m0/s1. The van der Waals surface area contributed by atoms with Crippen LogP contribution in [0, 0.1) is 0 Å². The van der Waals surface area contributed by atoms with Crippen molar-refractivity contribution >= 4 is 38.9 Å². The minimum atomic E-state index is -4.72. The van der Waals surface area contributed by atoms with E-state index in [1.807, 2.05) is 0 Å². The zero-order valence-corrected chi connectivity index (χ0v) is 21.7. The third kappa shape index (κ3) is 6.70. The second-order valence-corrected chi connectivity index (χ2v) is 13.1. The molecule has 3 rings (SSSR count). The predicted molar refractivity (Wildman–Crippen MR) is 129 cm³/mol. The van der Waals surface area contributed by atoms with Gasteiger partial charge in [0.2, 0.25) is 5.91 Å². The molecule has 1 heterocycles. The summed E-state index contributed by atoms with van der Waals surface area (Å²) in [7, 11) is -4.02. The highest BCUT2D eigenvalue weighted by Gasteiger charge is 2.48. The van der Waals surface area contributed by atoms with Gasteiger partial charge in [0, 0.05) is 10.0 Å². The summed E-state index contributed by atoms with van der Waals surface area (Å²) in [6.45, 7) is 3.74. The van der Waals surface area contributed by atoms with E-state index < -0.39 is 63.6 Å². The number of halogens is 5. The average molecular weight is 552 g/mol. The molecule has 0 spiro atoms. The van der Waals surface area contributed by atoms with Crippen molar-refractivity contribution in [3.8, 4) is 0 Å². The van der Waals surface area contributed by atoms with Gasteiger partial charge in [-0.3, -0.25) is 4.79 Å². The van der Waals surface area contributed by atoms with Crippen LogP contribution in [0.15, 0.2) is 48.5 Å². The molecule has 35 heavy (non-hydrogen) atoms. The molecule has 192 valence electrons. The van der Waals surface area contributed by atoms with Crippen LogP contribution in [-0.2, 0) is 19.4 Å². The molecule has 0 aromatic heterocycles. The molecule has 2 aromatic rings. The lowest BCUT2D eigenvalue weighted by Gasteiger charge is -2.46. The Kier molecular flexibility index (Phi) is 8.16. The fourth-order valence-electron chi connectivity index (χ4n) is 4.02. The smallest absolute Gasteiger partial charge is 0.361 e. The summed E-state index contributed by atoms with van der Waals surface area (Å²) < 4.78 is 71.7. The molecule has 2 aromatic carbocycles. The Morgan fingerprint density at radius 3 is 2.20 bits per heavy atom. The van der Waals surface area contributed by atoms with Crippen molar-refractivity contribution in [1.82, 2.24) is 4.90 Å². The molecule has 0 bridgehead atoms. The molecule has 0 saturated carbocycles. The van der Waals surface area contributed by atoms with Gasteiger partial charge in [0.25, 0.3) is 0 Å². The molecule has 0 N–H and O–H groups in total. The maximum absolute atomic E-state index is 13.7. The number of ether oxygens (including phenoxy) is 1. The maximum atomic E-state index is 13.7. The first-order valence-electron chi connectivity index (χ1n) is 10.8. The first kappa shape index (κ1) is 27.8. The van der Waals surface area contributed by atoms with Crippen molar-refractivity contribution < 1.29 is 31.1 Å². The molecule has 1 saturated heterocycles.